The van der Waals surface area contributed by atoms with Gasteiger partial charge in [-0.15, -0.1) is 0 Å². The van der Waals surface area contributed by atoms with Gasteiger partial charge in [0.25, 0.3) is 0 Å². The minimum atomic E-state index is -3.07. The summed E-state index contributed by atoms with van der Waals surface area (Å²) in [6.45, 7) is 4.30. The van der Waals surface area contributed by atoms with Crippen LogP contribution in [0.1, 0.15) is 27.7 Å². The number of nitrogens with zero attached hydrogens (tertiary/aromatic N) is 3. The van der Waals surface area contributed by atoms with Crippen molar-refractivity contribution in [3.63, 3.8) is 0 Å². The zero-order valence-electron chi connectivity index (χ0n) is 15.7. The van der Waals surface area contributed by atoms with Crippen LogP contribution in [0.5, 0.6) is 5.75 Å². The molecule has 28 heavy (non-hydrogen) atoms. The molecule has 0 unspecified atom stereocenters. The highest BCUT2D eigenvalue weighted by Crippen LogP contribution is 2.37. The van der Waals surface area contributed by atoms with Gasteiger partial charge < -0.3 is 19.4 Å². The fourth-order valence-corrected chi connectivity index (χ4v) is 2.41. The summed E-state index contributed by atoms with van der Waals surface area (Å²) >= 11 is 0. The largest absolute Gasteiger partial charge is 0.495 e. The number of anilines is 1. The van der Waals surface area contributed by atoms with Crippen molar-refractivity contribution in [3.05, 3.63) is 29.5 Å². The van der Waals surface area contributed by atoms with Crippen LogP contribution in [0, 0.1) is 34.0 Å². The van der Waals surface area contributed by atoms with Crippen molar-refractivity contribution in [1.29, 1.82) is 15.8 Å². The number of alkyl halides is 2. The second-order valence-corrected chi connectivity index (χ2v) is 6.97. The van der Waals surface area contributed by atoms with Crippen LogP contribution in [0.25, 0.3) is 0 Å². The van der Waals surface area contributed by atoms with Crippen molar-refractivity contribution in [3.8, 4) is 24.0 Å². The maximum Gasteiger partial charge on any atom is 0.495 e. The molecule has 1 N–H and O–H groups in total. The van der Waals surface area contributed by atoms with E-state index in [0.29, 0.717) is 5.46 Å². The van der Waals surface area contributed by atoms with Crippen LogP contribution in [0.2, 0.25) is 0 Å². The average Bonchev–Trinajstić information content (AvgIpc) is 2.82. The minimum absolute atomic E-state index is 0.155. The average molecular weight is 386 g/mol. The van der Waals surface area contributed by atoms with Crippen LogP contribution in [-0.4, -0.2) is 24.9 Å². The van der Waals surface area contributed by atoms with Crippen LogP contribution in [-0.2, 0) is 9.31 Å². The number of ether oxygens (including phenoxy) is 1. The first kappa shape index (κ1) is 21.2. The number of hydrogen-bond donors (Lipinski definition) is 1. The zero-order valence-corrected chi connectivity index (χ0v) is 15.7. The molecule has 2 rings (SSSR count). The fraction of sp³-hybridized carbons (Fsp3) is 0.389. The predicted octanol–water partition coefficient (Wildman–Crippen LogP) is 2.82. The molecule has 1 fully saturated rings. The van der Waals surface area contributed by atoms with Gasteiger partial charge in [0, 0.05) is 11.8 Å². The second kappa shape index (κ2) is 7.86. The Hall–Kier alpha value is -3.13. The third kappa shape index (κ3) is 4.40. The summed E-state index contributed by atoms with van der Waals surface area (Å²) in [5.74, 6) is -0.197. The molecule has 0 bridgehead atoms. The Morgan fingerprint density at radius 1 is 1.04 bits per heavy atom. The molecule has 1 aliphatic rings. The first-order valence-electron chi connectivity index (χ1n) is 8.20. The van der Waals surface area contributed by atoms with Gasteiger partial charge >= 0.3 is 13.7 Å². The lowest BCUT2D eigenvalue weighted by Crippen LogP contribution is -2.41. The molecule has 1 aliphatic heterocycles. The van der Waals surface area contributed by atoms with Crippen molar-refractivity contribution < 1.29 is 22.8 Å². The lowest BCUT2D eigenvalue weighted by molar-refractivity contribution is -0.0497. The summed E-state index contributed by atoms with van der Waals surface area (Å²) < 4.78 is 41.7. The smallest absolute Gasteiger partial charge is 0.435 e. The summed E-state index contributed by atoms with van der Waals surface area (Å²) in [5, 5.41) is 29.6. The molecule has 0 spiro atoms. The van der Waals surface area contributed by atoms with Crippen LogP contribution >= 0.6 is 0 Å². The number of nitriles is 3. The zero-order chi connectivity index (χ0) is 21.1. The lowest BCUT2D eigenvalue weighted by Gasteiger charge is -2.32. The van der Waals surface area contributed by atoms with E-state index in [1.54, 1.807) is 18.2 Å². The summed E-state index contributed by atoms with van der Waals surface area (Å²) in [4.78, 5) is 0. The molecule has 0 aromatic heterocycles. The standard InChI is InChI=1S/C18H17BF2N4O3/c1-17(2)18(3,4)28-19(27-17)12-5-13(7-14(6-12)26-16(20)21)25-15(10-24)11(8-22)9-23/h5-7,16,25H,1-4H3. The van der Waals surface area contributed by atoms with Gasteiger partial charge in [-0.25, -0.2) is 0 Å². The Balaban J connectivity index is 2.48. The van der Waals surface area contributed by atoms with Crippen LogP contribution in [0.15, 0.2) is 29.5 Å². The van der Waals surface area contributed by atoms with Crippen molar-refractivity contribution in [2.75, 3.05) is 5.32 Å². The molecule has 0 amide bonds. The summed E-state index contributed by atoms with van der Waals surface area (Å²) in [7, 11) is -0.868. The second-order valence-electron chi connectivity index (χ2n) is 6.97. The van der Waals surface area contributed by atoms with Crippen molar-refractivity contribution in [1.82, 2.24) is 0 Å². The number of nitrogens with one attached hydrogen (secondary N) is 1. The van der Waals surface area contributed by atoms with E-state index in [9.17, 15) is 14.0 Å². The molecule has 0 radical (unpaired) electrons. The molecule has 7 nitrogen and oxygen atoms in total. The molecule has 144 valence electrons. The van der Waals surface area contributed by atoms with Gasteiger partial charge in [-0.2, -0.15) is 24.6 Å². The molecule has 0 saturated carbocycles. The Bertz CT molecular complexity index is 894. The number of rotatable bonds is 5. The monoisotopic (exact) mass is 386 g/mol. The highest BCUT2D eigenvalue weighted by Gasteiger charge is 2.51. The maximum atomic E-state index is 12.7. The molecule has 1 heterocycles. The van der Waals surface area contributed by atoms with E-state index in [0.717, 1.165) is 0 Å². The quantitative estimate of drug-likeness (QED) is 0.612. The van der Waals surface area contributed by atoms with E-state index in [4.69, 9.17) is 19.8 Å². The number of halogens is 2. The topological polar surface area (TPSA) is 111 Å². The van der Waals surface area contributed by atoms with Crippen LogP contribution < -0.4 is 15.5 Å². The van der Waals surface area contributed by atoms with E-state index in [1.807, 2.05) is 27.7 Å². The molecule has 1 aromatic rings. The van der Waals surface area contributed by atoms with Gasteiger partial charge in [-0.3, -0.25) is 0 Å². The van der Waals surface area contributed by atoms with Gasteiger partial charge in [0.2, 0.25) is 0 Å². The Morgan fingerprint density at radius 3 is 2.07 bits per heavy atom. The van der Waals surface area contributed by atoms with Gasteiger partial charge in [0.1, 0.15) is 29.7 Å². The maximum absolute atomic E-state index is 12.7. The van der Waals surface area contributed by atoms with Crippen molar-refractivity contribution >= 4 is 18.3 Å². The van der Waals surface area contributed by atoms with E-state index in [1.165, 1.54) is 18.2 Å². The molecule has 0 aliphatic carbocycles. The lowest BCUT2D eigenvalue weighted by atomic mass is 9.78. The number of benzene rings is 1. The normalized spacial score (nSPS) is 16.6. The molecular weight excluding hydrogens is 369 g/mol. The molecular formula is C18H17BF2N4O3. The SMILES string of the molecule is CC1(C)OB(c2cc(NC(C#N)=C(C#N)C#N)cc(OC(F)F)c2)OC1(C)C. The first-order chi connectivity index (χ1) is 13.0. The summed E-state index contributed by atoms with van der Waals surface area (Å²) in [6, 6.07) is 8.94. The van der Waals surface area contributed by atoms with Gasteiger partial charge in [-0.05, 0) is 45.3 Å². The molecule has 10 heteroatoms. The van der Waals surface area contributed by atoms with Gasteiger partial charge in [0.15, 0.2) is 5.57 Å². The third-order valence-electron chi connectivity index (χ3n) is 4.53. The molecule has 0 atom stereocenters. The Morgan fingerprint density at radius 2 is 1.61 bits per heavy atom. The van der Waals surface area contributed by atoms with Crippen molar-refractivity contribution in [2.24, 2.45) is 0 Å². The highest BCUT2D eigenvalue weighted by molar-refractivity contribution is 6.62. The number of hydrogen-bond acceptors (Lipinski definition) is 7. The van der Waals surface area contributed by atoms with Crippen molar-refractivity contribution in [2.45, 2.75) is 45.5 Å². The van der Waals surface area contributed by atoms with E-state index < -0.39 is 30.5 Å². The Labute approximate surface area is 161 Å². The fourth-order valence-electron chi connectivity index (χ4n) is 2.41. The first-order valence-corrected chi connectivity index (χ1v) is 8.20. The van der Waals surface area contributed by atoms with Crippen LogP contribution in [0.3, 0.4) is 0 Å². The van der Waals surface area contributed by atoms with Gasteiger partial charge in [-0.1, -0.05) is 0 Å². The third-order valence-corrected chi connectivity index (χ3v) is 4.53. The predicted molar refractivity (Wildman–Crippen MR) is 96.3 cm³/mol. The number of allylic oxidation sites excluding steroid dienone is 2. The van der Waals surface area contributed by atoms with E-state index in [-0.39, 0.29) is 17.1 Å². The molecule has 1 aromatic carbocycles. The summed E-state index contributed by atoms with van der Waals surface area (Å²) in [5.41, 5.74) is -1.55. The highest BCUT2D eigenvalue weighted by atomic mass is 19.3. The van der Waals surface area contributed by atoms with Gasteiger partial charge in [0.05, 0.1) is 11.2 Å². The van der Waals surface area contributed by atoms with E-state index in [2.05, 4.69) is 10.1 Å². The Kier molecular flexibility index (Phi) is 5.94. The molecule has 1 saturated heterocycles. The van der Waals surface area contributed by atoms with E-state index >= 15 is 0 Å². The minimum Gasteiger partial charge on any atom is -0.435 e. The van der Waals surface area contributed by atoms with Crippen LogP contribution in [0.4, 0.5) is 14.5 Å². The summed E-state index contributed by atoms with van der Waals surface area (Å²) in [6.07, 6.45) is 0.